The number of H-pyrrole nitrogens is 1. The fourth-order valence-corrected chi connectivity index (χ4v) is 3.31. The molecule has 0 saturated heterocycles. The molecule has 1 aromatic heterocycles. The van der Waals surface area contributed by atoms with E-state index in [1.807, 2.05) is 119 Å². The summed E-state index contributed by atoms with van der Waals surface area (Å²) in [5.41, 5.74) is 14.4. The third-order valence-electron chi connectivity index (χ3n) is 5.05. The number of nitrogens with two attached hydrogens (primary N) is 2. The van der Waals surface area contributed by atoms with E-state index in [-0.39, 0.29) is 25.1 Å². The Morgan fingerprint density at radius 2 is 1.21 bits per heavy atom. The summed E-state index contributed by atoms with van der Waals surface area (Å²) in [6.07, 6.45) is -0.218. The number of amides is 1. The average molecular weight is 632 g/mol. The Morgan fingerprint density at radius 3 is 1.64 bits per heavy atom. The molecular weight excluding hydrogens is 580 g/mol. The number of anilines is 1. The third-order valence-corrected chi connectivity index (χ3v) is 5.05. The van der Waals surface area contributed by atoms with Gasteiger partial charge in [0.05, 0.1) is 6.42 Å². The van der Waals surface area contributed by atoms with Crippen molar-refractivity contribution in [2.45, 2.75) is 55.3 Å². The predicted molar refractivity (Wildman–Crippen MR) is 211 cm³/mol. The zero-order valence-electron chi connectivity index (χ0n) is 28.1. The van der Waals surface area contributed by atoms with Crippen LogP contribution in [0.15, 0.2) is 126 Å². The number of hydrogen-bond acceptors (Lipinski definition) is 4. The number of carbonyl (C=O) groups is 2. The molecule has 5 N–H and O–H groups in total. The van der Waals surface area contributed by atoms with Gasteiger partial charge in [-0.2, -0.15) is 0 Å². The number of Topliss-reactive ketones (excluding diaryl/α,β-unsaturated/α-hetero) is 1. The molecular formula is C39H52B2N3O3. The molecule has 0 unspecified atom stereocenters. The molecule has 0 aliphatic heterocycles. The molecule has 247 valence electrons. The fourth-order valence-electron chi connectivity index (χ4n) is 3.31. The maximum absolute atomic E-state index is 12.0. The first kappa shape index (κ1) is 46.3. The molecule has 8 heteroatoms. The Balaban J connectivity index is -0.000000566. The first-order chi connectivity index (χ1) is 22.3. The van der Waals surface area contributed by atoms with E-state index in [4.69, 9.17) is 19.0 Å². The number of hydrogen-bond donors (Lipinski definition) is 3. The second-order valence-corrected chi connectivity index (χ2v) is 8.54. The van der Waals surface area contributed by atoms with Crippen LogP contribution in [-0.4, -0.2) is 43.5 Å². The van der Waals surface area contributed by atoms with E-state index in [0.29, 0.717) is 5.56 Å². The van der Waals surface area contributed by atoms with Crippen LogP contribution in [-0.2, 0) is 4.79 Å². The Kier molecular flexibility index (Phi) is 30.5. The Labute approximate surface area is 284 Å². The van der Waals surface area contributed by atoms with Gasteiger partial charge in [0.2, 0.25) is 5.91 Å². The molecule has 1 heterocycles. The molecule has 0 spiro atoms. The summed E-state index contributed by atoms with van der Waals surface area (Å²) in [6.45, 7) is 16.8. The number of rotatable bonds is 4. The summed E-state index contributed by atoms with van der Waals surface area (Å²) in [4.78, 5) is 36.8. The average Bonchev–Trinajstić information content (AvgIpc) is 3.09. The molecule has 1 radical (unpaired) electrons. The van der Waals surface area contributed by atoms with E-state index >= 15 is 0 Å². The van der Waals surface area contributed by atoms with E-state index in [0.717, 1.165) is 27.8 Å². The van der Waals surface area contributed by atoms with Gasteiger partial charge in [0.1, 0.15) is 0 Å². The third kappa shape index (κ3) is 21.3. The summed E-state index contributed by atoms with van der Waals surface area (Å²) < 4.78 is 0. The van der Waals surface area contributed by atoms with Gasteiger partial charge < -0.3 is 16.5 Å². The van der Waals surface area contributed by atoms with Crippen LogP contribution in [0.1, 0.15) is 58.8 Å². The predicted octanol–water partition coefficient (Wildman–Crippen LogP) is 8.04. The van der Waals surface area contributed by atoms with Crippen molar-refractivity contribution in [3.63, 3.8) is 0 Å². The van der Waals surface area contributed by atoms with Gasteiger partial charge in [-0.3, -0.25) is 14.4 Å². The van der Waals surface area contributed by atoms with Crippen molar-refractivity contribution in [3.05, 3.63) is 137 Å². The van der Waals surface area contributed by atoms with Crippen molar-refractivity contribution in [1.29, 1.82) is 0 Å². The number of benzene rings is 4. The first-order valence-corrected chi connectivity index (χ1v) is 15.2. The fraction of sp³-hybridized carbons (Fsp3) is 0.205. The van der Waals surface area contributed by atoms with Crippen LogP contribution in [0, 0.1) is 0 Å². The molecule has 0 fully saturated rings. The number of primary amides is 1. The van der Waals surface area contributed by atoms with Crippen molar-refractivity contribution in [2.75, 3.05) is 5.73 Å². The van der Waals surface area contributed by atoms with Gasteiger partial charge in [-0.25, -0.2) is 0 Å². The number of pyridine rings is 1. The van der Waals surface area contributed by atoms with Crippen molar-refractivity contribution in [3.8, 4) is 11.3 Å². The van der Waals surface area contributed by atoms with Gasteiger partial charge in [0.25, 0.3) is 0 Å². The number of carbonyl (C=O) groups excluding carboxylic acids is 2. The molecule has 6 nitrogen and oxygen atoms in total. The molecule has 1 amide bonds. The number of nitrogen functional groups attached to an aromatic ring is 1. The SMILES string of the molecule is C.C=BC.CC.CC.NC(=O)CC(=O)c1ccccc1.Nc1ccccc1.O=c1cc(-c2ccccc2)[nH]c2ccccc12.[B]=CC. The molecule has 5 aromatic rings. The normalized spacial score (nSPS) is 8.19. The minimum absolute atomic E-state index is 0. The molecule has 0 atom stereocenters. The Morgan fingerprint density at radius 1 is 0.809 bits per heavy atom. The van der Waals surface area contributed by atoms with Gasteiger partial charge in [0, 0.05) is 33.9 Å². The van der Waals surface area contributed by atoms with E-state index < -0.39 is 5.91 Å². The standard InChI is InChI=1S/C15H11NO.C9H9NO2.C6H7N.C2H5B.C2H4B.2C2H6.CH4/c17-15-10-14(11-6-2-1-3-7-11)16-13-9-5-4-8-12(13)15;10-9(12)6-8(11)7-4-2-1-3-5-7;7-6-4-2-1-3-5-6;1-3-2;1-2-3;2*1-2;/h1-10H,(H,16,17);1-5H,6H2,(H2,10,12);1-5H,7H2;1H2,2H3;2H,1H3;2*1-2H3;1H4. The Hall–Kier alpha value is -5.10. The van der Waals surface area contributed by atoms with Gasteiger partial charge in [0.15, 0.2) is 11.2 Å². The number of nitrogens with one attached hydrogen (secondary N) is 1. The topological polar surface area (TPSA) is 119 Å². The van der Waals surface area contributed by atoms with Crippen molar-refractivity contribution in [2.24, 2.45) is 5.73 Å². The molecule has 0 bridgehead atoms. The summed E-state index contributed by atoms with van der Waals surface area (Å²) in [5.74, 6) is 0.673. The van der Waals surface area contributed by atoms with Crippen LogP contribution in [0.4, 0.5) is 5.69 Å². The summed E-state index contributed by atoms with van der Waals surface area (Å²) in [5, 5.41) is 0.729. The zero-order valence-corrected chi connectivity index (χ0v) is 28.1. The van der Waals surface area contributed by atoms with Crippen molar-refractivity contribution in [1.82, 2.24) is 4.98 Å². The number of fused-ring (bicyclic) bond motifs is 1. The minimum atomic E-state index is -0.594. The number of aromatic amines is 1. The van der Waals surface area contributed by atoms with E-state index in [1.54, 1.807) is 50.2 Å². The molecule has 0 aliphatic carbocycles. The maximum atomic E-state index is 12.0. The molecule has 47 heavy (non-hydrogen) atoms. The number of ketones is 1. The number of aromatic nitrogens is 1. The van der Waals surface area contributed by atoms with Crippen LogP contribution >= 0.6 is 0 Å². The Bertz CT molecular complexity index is 1570. The summed E-state index contributed by atoms with van der Waals surface area (Å²) in [6, 6.07) is 37.2. The second kappa shape index (κ2) is 30.9. The molecule has 0 aliphatic rings. The summed E-state index contributed by atoms with van der Waals surface area (Å²) >= 11 is 0. The number of para-hydroxylation sites is 2. The van der Waals surface area contributed by atoms with Gasteiger partial charge in [-0.05, 0) is 29.8 Å². The molecule has 0 saturated carbocycles. The van der Waals surface area contributed by atoms with Crippen LogP contribution in [0.5, 0.6) is 0 Å². The van der Waals surface area contributed by atoms with E-state index in [2.05, 4.69) is 11.5 Å². The van der Waals surface area contributed by atoms with Gasteiger partial charge in [-0.1, -0.05) is 126 Å². The van der Waals surface area contributed by atoms with Crippen molar-refractivity contribution < 1.29 is 9.59 Å². The van der Waals surface area contributed by atoms with Crippen molar-refractivity contribution >= 4 is 55.1 Å². The quantitative estimate of drug-likeness (QED) is 0.0804. The summed E-state index contributed by atoms with van der Waals surface area (Å²) in [7, 11) is 4.72. The monoisotopic (exact) mass is 632 g/mol. The van der Waals surface area contributed by atoms with Crippen LogP contribution in [0.2, 0.25) is 6.82 Å². The van der Waals surface area contributed by atoms with Gasteiger partial charge in [-0.15, -0.1) is 0 Å². The zero-order chi connectivity index (χ0) is 35.2. The second-order valence-electron chi connectivity index (χ2n) is 8.54. The van der Waals surface area contributed by atoms with Crippen LogP contribution < -0.4 is 16.9 Å². The molecule has 5 rings (SSSR count). The molecule has 4 aromatic carbocycles. The van der Waals surface area contributed by atoms with Crippen LogP contribution in [0.3, 0.4) is 0 Å². The van der Waals surface area contributed by atoms with E-state index in [1.165, 1.54) is 5.97 Å². The first-order valence-electron chi connectivity index (χ1n) is 15.2. The van der Waals surface area contributed by atoms with Crippen LogP contribution in [0.25, 0.3) is 22.2 Å². The van der Waals surface area contributed by atoms with E-state index in [9.17, 15) is 14.4 Å². The van der Waals surface area contributed by atoms with Gasteiger partial charge >= 0.3 is 40.6 Å².